The average Bonchev–Trinajstić information content (AvgIpc) is 3.18. The van der Waals surface area contributed by atoms with Crippen molar-refractivity contribution in [2.24, 2.45) is 7.05 Å². The Labute approximate surface area is 124 Å². The first-order chi connectivity index (χ1) is 9.67. The van der Waals surface area contributed by atoms with E-state index in [0.29, 0.717) is 6.04 Å². The molecule has 3 rings (SSSR count). The Kier molecular flexibility index (Phi) is 3.81. The zero-order valence-electron chi connectivity index (χ0n) is 12.0. The molecule has 0 radical (unpaired) electrons. The van der Waals surface area contributed by atoms with Gasteiger partial charge in [0.2, 0.25) is 0 Å². The Morgan fingerprint density at radius 2 is 2.20 bits per heavy atom. The van der Waals surface area contributed by atoms with Gasteiger partial charge in [0.05, 0.1) is 5.69 Å². The lowest BCUT2D eigenvalue weighted by Crippen LogP contribution is -2.15. The summed E-state index contributed by atoms with van der Waals surface area (Å²) >= 11 is 6.42. The summed E-state index contributed by atoms with van der Waals surface area (Å²) in [5, 5.41) is 8.82. The van der Waals surface area contributed by atoms with Crippen molar-refractivity contribution < 1.29 is 0 Å². The highest BCUT2D eigenvalue weighted by atomic mass is 35.5. The second-order valence-electron chi connectivity index (χ2n) is 5.48. The fourth-order valence-corrected chi connectivity index (χ4v) is 2.68. The molecule has 0 atom stereocenters. The highest BCUT2D eigenvalue weighted by molar-refractivity contribution is 6.31. The molecule has 1 N–H and O–H groups in total. The van der Waals surface area contributed by atoms with Crippen LogP contribution in [0.3, 0.4) is 0 Å². The Balaban J connectivity index is 1.84. The Morgan fingerprint density at radius 3 is 2.85 bits per heavy atom. The molecular weight excluding hydrogens is 270 g/mol. The molecule has 106 valence electrons. The predicted molar refractivity (Wildman–Crippen MR) is 82.9 cm³/mol. The molecule has 1 heterocycles. The Morgan fingerprint density at radius 1 is 1.40 bits per heavy atom. The molecular formula is C16H20ClN3. The van der Waals surface area contributed by atoms with Gasteiger partial charge < -0.3 is 5.32 Å². The van der Waals surface area contributed by atoms with E-state index in [1.165, 1.54) is 24.0 Å². The lowest BCUT2D eigenvalue weighted by atomic mass is 10.0. The van der Waals surface area contributed by atoms with Gasteiger partial charge in [-0.25, -0.2) is 0 Å². The van der Waals surface area contributed by atoms with Crippen LogP contribution in [-0.4, -0.2) is 15.8 Å². The summed E-state index contributed by atoms with van der Waals surface area (Å²) in [6.45, 7) is 2.98. The summed E-state index contributed by atoms with van der Waals surface area (Å²) in [5.41, 5.74) is 4.62. The first-order valence-corrected chi connectivity index (χ1v) is 7.60. The minimum atomic E-state index is 0.704. The first-order valence-electron chi connectivity index (χ1n) is 7.22. The maximum Gasteiger partial charge on any atom is 0.0700 e. The summed E-state index contributed by atoms with van der Waals surface area (Å²) in [6.07, 6.45) is 5.59. The molecule has 0 unspecified atom stereocenters. The predicted octanol–water partition coefficient (Wildman–Crippen LogP) is 3.55. The van der Waals surface area contributed by atoms with Gasteiger partial charge in [0, 0.05) is 36.4 Å². The molecule has 1 saturated carbocycles. The SMILES string of the molecule is CCc1nn(C)cc1-c1ccc(CNC2CC2)c(Cl)c1. The van der Waals surface area contributed by atoms with Crippen molar-refractivity contribution in [1.29, 1.82) is 0 Å². The maximum atomic E-state index is 6.42. The van der Waals surface area contributed by atoms with Gasteiger partial charge in [-0.15, -0.1) is 0 Å². The molecule has 1 fully saturated rings. The summed E-state index contributed by atoms with van der Waals surface area (Å²) < 4.78 is 1.87. The van der Waals surface area contributed by atoms with E-state index in [-0.39, 0.29) is 0 Å². The molecule has 3 nitrogen and oxygen atoms in total. The van der Waals surface area contributed by atoms with Crippen LogP contribution in [0.2, 0.25) is 5.02 Å². The molecule has 0 amide bonds. The van der Waals surface area contributed by atoms with Crippen LogP contribution in [0, 0.1) is 0 Å². The third-order valence-electron chi connectivity index (χ3n) is 3.76. The van der Waals surface area contributed by atoms with Gasteiger partial charge in [-0.1, -0.05) is 30.7 Å². The molecule has 1 aliphatic carbocycles. The van der Waals surface area contributed by atoms with Gasteiger partial charge in [0.25, 0.3) is 0 Å². The summed E-state index contributed by atoms with van der Waals surface area (Å²) in [7, 11) is 1.96. The van der Waals surface area contributed by atoms with Gasteiger partial charge in [-0.2, -0.15) is 5.10 Å². The van der Waals surface area contributed by atoms with E-state index in [1.54, 1.807) is 0 Å². The number of benzene rings is 1. The van der Waals surface area contributed by atoms with Gasteiger partial charge in [0.1, 0.15) is 0 Å². The van der Waals surface area contributed by atoms with Crippen molar-refractivity contribution in [1.82, 2.24) is 15.1 Å². The van der Waals surface area contributed by atoms with Crippen molar-refractivity contribution in [2.75, 3.05) is 0 Å². The van der Waals surface area contributed by atoms with E-state index < -0.39 is 0 Å². The van der Waals surface area contributed by atoms with Gasteiger partial charge in [-0.3, -0.25) is 4.68 Å². The van der Waals surface area contributed by atoms with Gasteiger partial charge in [-0.05, 0) is 36.5 Å². The van der Waals surface area contributed by atoms with Crippen LogP contribution in [0.25, 0.3) is 11.1 Å². The number of hydrogen-bond acceptors (Lipinski definition) is 2. The van der Waals surface area contributed by atoms with Crippen molar-refractivity contribution >= 4 is 11.6 Å². The number of nitrogens with one attached hydrogen (secondary N) is 1. The average molecular weight is 290 g/mol. The molecule has 0 saturated heterocycles. The zero-order valence-corrected chi connectivity index (χ0v) is 12.7. The quantitative estimate of drug-likeness (QED) is 0.912. The minimum absolute atomic E-state index is 0.704. The number of rotatable bonds is 5. The van der Waals surface area contributed by atoms with E-state index in [4.69, 9.17) is 11.6 Å². The van der Waals surface area contributed by atoms with Crippen molar-refractivity contribution in [3.05, 3.63) is 40.7 Å². The first kappa shape index (κ1) is 13.7. The van der Waals surface area contributed by atoms with Crippen LogP contribution < -0.4 is 5.32 Å². The van der Waals surface area contributed by atoms with Crippen LogP contribution in [-0.2, 0) is 20.0 Å². The lowest BCUT2D eigenvalue weighted by Gasteiger charge is -2.08. The van der Waals surface area contributed by atoms with Crippen molar-refractivity contribution in [3.63, 3.8) is 0 Å². The smallest absolute Gasteiger partial charge is 0.0700 e. The van der Waals surface area contributed by atoms with E-state index in [2.05, 4.69) is 41.7 Å². The highest BCUT2D eigenvalue weighted by Crippen LogP contribution is 2.28. The Hall–Kier alpha value is -1.32. The molecule has 20 heavy (non-hydrogen) atoms. The van der Waals surface area contributed by atoms with E-state index in [1.807, 2.05) is 11.7 Å². The topological polar surface area (TPSA) is 29.9 Å². The van der Waals surface area contributed by atoms with E-state index >= 15 is 0 Å². The molecule has 0 bridgehead atoms. The summed E-state index contributed by atoms with van der Waals surface area (Å²) in [6, 6.07) is 7.03. The van der Waals surface area contributed by atoms with E-state index in [9.17, 15) is 0 Å². The fraction of sp³-hybridized carbons (Fsp3) is 0.438. The molecule has 1 aromatic carbocycles. The molecule has 1 aliphatic rings. The van der Waals surface area contributed by atoms with E-state index in [0.717, 1.165) is 29.2 Å². The summed E-state index contributed by atoms with van der Waals surface area (Å²) in [4.78, 5) is 0. The minimum Gasteiger partial charge on any atom is -0.310 e. The monoisotopic (exact) mass is 289 g/mol. The van der Waals surface area contributed by atoms with Crippen LogP contribution in [0.15, 0.2) is 24.4 Å². The molecule has 0 aliphatic heterocycles. The van der Waals surface area contributed by atoms with Gasteiger partial charge in [0.15, 0.2) is 0 Å². The van der Waals surface area contributed by atoms with Gasteiger partial charge >= 0.3 is 0 Å². The number of hydrogen-bond donors (Lipinski definition) is 1. The zero-order chi connectivity index (χ0) is 14.1. The molecule has 4 heteroatoms. The third kappa shape index (κ3) is 2.89. The van der Waals surface area contributed by atoms with Crippen molar-refractivity contribution in [3.8, 4) is 11.1 Å². The number of aryl methyl sites for hydroxylation is 2. The van der Waals surface area contributed by atoms with Crippen LogP contribution in [0.4, 0.5) is 0 Å². The molecule has 1 aromatic heterocycles. The normalized spacial score (nSPS) is 14.8. The van der Waals surface area contributed by atoms with Crippen LogP contribution >= 0.6 is 11.6 Å². The number of aromatic nitrogens is 2. The fourth-order valence-electron chi connectivity index (χ4n) is 2.44. The summed E-state index contributed by atoms with van der Waals surface area (Å²) in [5.74, 6) is 0. The molecule has 0 spiro atoms. The highest BCUT2D eigenvalue weighted by Gasteiger charge is 2.20. The Bertz CT molecular complexity index is 614. The standard InChI is InChI=1S/C16H20ClN3/c1-3-16-14(10-20(2)19-16)11-4-5-12(15(17)8-11)9-18-13-6-7-13/h4-5,8,10,13,18H,3,6-7,9H2,1-2H3. The second kappa shape index (κ2) is 5.58. The third-order valence-corrected chi connectivity index (χ3v) is 4.11. The second-order valence-corrected chi connectivity index (χ2v) is 5.89. The molecule has 2 aromatic rings. The largest absolute Gasteiger partial charge is 0.310 e. The van der Waals surface area contributed by atoms with Crippen molar-refractivity contribution in [2.45, 2.75) is 38.8 Å². The lowest BCUT2D eigenvalue weighted by molar-refractivity contribution is 0.688. The van der Waals surface area contributed by atoms with Crippen LogP contribution in [0.1, 0.15) is 31.0 Å². The maximum absolute atomic E-state index is 6.42. The number of halogens is 1. The van der Waals surface area contributed by atoms with Crippen LogP contribution in [0.5, 0.6) is 0 Å². The number of nitrogens with zero attached hydrogens (tertiary/aromatic N) is 2.